The summed E-state index contributed by atoms with van der Waals surface area (Å²) in [6, 6.07) is 14.7. The molecule has 1 aromatic carbocycles. The number of benzene rings is 1. The summed E-state index contributed by atoms with van der Waals surface area (Å²) in [5, 5.41) is 7.72. The van der Waals surface area contributed by atoms with Crippen LogP contribution in [0, 0.1) is 44.0 Å². The fourth-order valence-corrected chi connectivity index (χ4v) is 5.96. The van der Waals surface area contributed by atoms with Crippen LogP contribution in [0.5, 0.6) is 0 Å². The molecule has 0 spiro atoms. The SMILES string of the molecule is CCOC(=O)c1cnn2cc(F)ccc12.CCOC(=O)c1cnn2cccc(F)c12.Cc1cc(C)c(S(=O)(=O)[O-])c(C)c1.Fc1cccnc1.N[n+]1cccc(F)c1. The lowest BCUT2D eigenvalue weighted by molar-refractivity contribution is -0.640. The number of nitrogen functional groups attached to an aromatic ring is 1. The van der Waals surface area contributed by atoms with Gasteiger partial charge in [-0.05, 0) is 88.2 Å². The Bertz CT molecular complexity index is 2530. The number of esters is 2. The topological polar surface area (TPSA) is 187 Å². The van der Waals surface area contributed by atoms with Gasteiger partial charge in [0, 0.05) is 18.5 Å². The smallest absolute Gasteiger partial charge is 0.342 e. The van der Waals surface area contributed by atoms with Crippen LogP contribution in [0.2, 0.25) is 0 Å². The van der Waals surface area contributed by atoms with Crippen LogP contribution in [-0.4, -0.2) is 62.3 Å². The first-order valence-electron chi connectivity index (χ1n) is 17.1. The van der Waals surface area contributed by atoms with Crippen molar-refractivity contribution in [3.63, 3.8) is 0 Å². The lowest BCUT2D eigenvalue weighted by Gasteiger charge is -2.14. The summed E-state index contributed by atoms with van der Waals surface area (Å²) in [5.74, 6) is 2.63. The van der Waals surface area contributed by atoms with E-state index in [1.165, 1.54) is 88.7 Å². The molecule has 14 nitrogen and oxygen atoms in total. The van der Waals surface area contributed by atoms with E-state index in [-0.39, 0.29) is 34.2 Å². The van der Waals surface area contributed by atoms with Crippen LogP contribution in [0.1, 0.15) is 51.3 Å². The molecule has 0 atom stereocenters. The number of hydrogen-bond acceptors (Lipinski definition) is 11. The number of ether oxygens (including phenoxy) is 2. The Morgan fingerprint density at radius 3 is 1.91 bits per heavy atom. The molecule has 0 aliphatic carbocycles. The van der Waals surface area contributed by atoms with Crippen LogP contribution in [0.25, 0.3) is 11.0 Å². The highest BCUT2D eigenvalue weighted by atomic mass is 32.2. The molecule has 7 rings (SSSR count). The molecule has 0 unspecified atom stereocenters. The summed E-state index contributed by atoms with van der Waals surface area (Å²) in [6.45, 7) is 9.10. The minimum atomic E-state index is -4.33. The van der Waals surface area contributed by atoms with Crippen molar-refractivity contribution in [1.82, 2.24) is 24.2 Å². The number of aryl methyl sites for hydroxylation is 3. The van der Waals surface area contributed by atoms with Gasteiger partial charge in [-0.25, -0.2) is 50.4 Å². The maximum absolute atomic E-state index is 13.4. The maximum Gasteiger partial charge on any atom is 0.342 e. The second-order valence-electron chi connectivity index (χ2n) is 11.7. The molecule has 306 valence electrons. The quantitative estimate of drug-likeness (QED) is 0.0720. The lowest BCUT2D eigenvalue weighted by atomic mass is 10.1. The molecule has 58 heavy (non-hydrogen) atoms. The minimum Gasteiger partial charge on any atom is -0.744 e. The molecule has 0 aliphatic heterocycles. The Labute approximate surface area is 330 Å². The van der Waals surface area contributed by atoms with Crippen LogP contribution in [0.15, 0.2) is 115 Å². The van der Waals surface area contributed by atoms with Crippen molar-refractivity contribution in [2.24, 2.45) is 0 Å². The van der Waals surface area contributed by atoms with E-state index in [4.69, 9.17) is 15.3 Å². The van der Waals surface area contributed by atoms with Gasteiger partial charge in [0.1, 0.15) is 44.2 Å². The molecule has 6 aromatic heterocycles. The molecule has 2 N–H and O–H groups in total. The van der Waals surface area contributed by atoms with Gasteiger partial charge in [-0.1, -0.05) is 22.4 Å². The Kier molecular flexibility index (Phi) is 17.0. The Morgan fingerprint density at radius 1 is 0.793 bits per heavy atom. The van der Waals surface area contributed by atoms with Crippen molar-refractivity contribution >= 4 is 33.1 Å². The normalized spacial score (nSPS) is 10.4. The molecule has 0 amide bonds. The van der Waals surface area contributed by atoms with Crippen LogP contribution in [0.3, 0.4) is 0 Å². The molecule has 0 aliphatic rings. The third-order valence-electron chi connectivity index (χ3n) is 7.23. The zero-order valence-corrected chi connectivity index (χ0v) is 32.7. The van der Waals surface area contributed by atoms with Gasteiger partial charge in [0.05, 0.1) is 48.4 Å². The summed E-state index contributed by atoms with van der Waals surface area (Å²) in [7, 11) is -4.33. The van der Waals surface area contributed by atoms with Gasteiger partial charge >= 0.3 is 11.9 Å². The Hall–Kier alpha value is -6.73. The summed E-state index contributed by atoms with van der Waals surface area (Å²) < 4.78 is 96.0. The van der Waals surface area contributed by atoms with Crippen LogP contribution in [0.4, 0.5) is 17.6 Å². The summed E-state index contributed by atoms with van der Waals surface area (Å²) in [6.07, 6.45) is 10.9. The third kappa shape index (κ3) is 13.5. The molecule has 0 fully saturated rings. The number of aromatic nitrogens is 6. The van der Waals surface area contributed by atoms with Crippen molar-refractivity contribution in [1.29, 1.82) is 0 Å². The fraction of sp³-hybridized carbons (Fsp3) is 0.179. The molecule has 19 heteroatoms. The van der Waals surface area contributed by atoms with E-state index in [9.17, 15) is 40.1 Å². The van der Waals surface area contributed by atoms with Gasteiger partial charge in [0.15, 0.2) is 12.0 Å². The number of pyridine rings is 4. The van der Waals surface area contributed by atoms with Crippen molar-refractivity contribution in [2.75, 3.05) is 19.1 Å². The van der Waals surface area contributed by atoms with Gasteiger partial charge < -0.3 is 14.0 Å². The van der Waals surface area contributed by atoms with Crippen molar-refractivity contribution in [2.45, 2.75) is 39.5 Å². The number of fused-ring (bicyclic) bond motifs is 2. The first kappa shape index (κ1) is 45.7. The van der Waals surface area contributed by atoms with Crippen LogP contribution >= 0.6 is 0 Å². The number of carbonyl (C=O) groups excluding carboxylic acids is 2. The zero-order valence-electron chi connectivity index (χ0n) is 31.8. The maximum atomic E-state index is 13.4. The van der Waals surface area contributed by atoms with Crippen molar-refractivity contribution < 1.29 is 54.3 Å². The standard InChI is InChI=1S/2C10H9FN2O2.C9H12O3S.C5H6FN2.C5H4FN/c1-2-15-10(14)8-5-12-13-6-7(11)3-4-9(8)13;1-2-15-10(14)7-6-12-13-5-3-4-8(11)9(7)13;1-6-4-7(2)9(8(3)5-6)13(10,11)12;6-5-2-1-3-8(7)4-5;6-5-2-1-3-7-4-5/h2*3-6H,2H2,1H3;4-5H,1-3H3,(H,10,11,12);1-4H,7H2;1-4H/q;;;+1;/p-1. The number of carbonyl (C=O) groups is 2. The first-order valence-corrected chi connectivity index (χ1v) is 18.5. The van der Waals surface area contributed by atoms with Gasteiger partial charge in [0.25, 0.3) is 0 Å². The van der Waals surface area contributed by atoms with Gasteiger partial charge in [-0.2, -0.15) is 10.2 Å². The van der Waals surface area contributed by atoms with Crippen LogP contribution < -0.4 is 10.5 Å². The van der Waals surface area contributed by atoms with E-state index in [1.54, 1.807) is 58.3 Å². The molecule has 7 aromatic rings. The largest absolute Gasteiger partial charge is 0.744 e. The van der Waals surface area contributed by atoms with E-state index in [2.05, 4.69) is 15.2 Å². The molecular weight excluding hydrogens is 787 g/mol. The average Bonchev–Trinajstić information content (AvgIpc) is 3.78. The molecular formula is C39H39F4N7O7S. The molecule has 6 heterocycles. The molecule has 0 radical (unpaired) electrons. The lowest BCUT2D eigenvalue weighted by Crippen LogP contribution is -2.43. The summed E-state index contributed by atoms with van der Waals surface area (Å²) in [4.78, 5) is 26.3. The number of nitrogens with two attached hydrogens (primary N) is 1. The van der Waals surface area contributed by atoms with E-state index < -0.39 is 33.7 Å². The summed E-state index contributed by atoms with van der Waals surface area (Å²) >= 11 is 0. The highest BCUT2D eigenvalue weighted by Gasteiger charge is 2.17. The Balaban J connectivity index is 0.000000200. The highest BCUT2D eigenvalue weighted by molar-refractivity contribution is 7.85. The number of nitrogens with zero attached hydrogens (tertiary/aromatic N) is 6. The summed E-state index contributed by atoms with van der Waals surface area (Å²) in [5.41, 5.74) is 3.18. The van der Waals surface area contributed by atoms with Gasteiger partial charge in [0.2, 0.25) is 6.20 Å². The highest BCUT2D eigenvalue weighted by Crippen LogP contribution is 2.21. The predicted molar refractivity (Wildman–Crippen MR) is 202 cm³/mol. The van der Waals surface area contributed by atoms with E-state index in [0.717, 1.165) is 10.2 Å². The van der Waals surface area contributed by atoms with Crippen molar-refractivity contribution in [3.05, 3.63) is 161 Å². The van der Waals surface area contributed by atoms with Gasteiger partial charge in [-0.3, -0.25) is 4.98 Å². The predicted octanol–water partition coefficient (Wildman–Crippen LogP) is 5.86. The number of hydrogen-bond donors (Lipinski definition) is 1. The average molecular weight is 826 g/mol. The second kappa shape index (κ2) is 21.5. The minimum absolute atomic E-state index is 0.0851. The first-order chi connectivity index (χ1) is 27.5. The molecule has 0 saturated heterocycles. The number of rotatable bonds is 5. The van der Waals surface area contributed by atoms with E-state index in [0.29, 0.717) is 28.8 Å². The van der Waals surface area contributed by atoms with Gasteiger partial charge in [-0.15, -0.1) is 0 Å². The van der Waals surface area contributed by atoms with Crippen LogP contribution in [-0.2, 0) is 19.6 Å². The van der Waals surface area contributed by atoms with Crippen molar-refractivity contribution in [3.8, 4) is 0 Å². The monoisotopic (exact) mass is 825 g/mol. The Morgan fingerprint density at radius 2 is 1.40 bits per heavy atom. The zero-order chi connectivity index (χ0) is 43.0. The van der Waals surface area contributed by atoms with E-state index >= 15 is 0 Å². The van der Waals surface area contributed by atoms with E-state index in [1.807, 2.05) is 6.92 Å². The number of halogens is 4. The fourth-order valence-electron chi connectivity index (χ4n) is 5.05. The molecule has 0 saturated carbocycles. The second-order valence-corrected chi connectivity index (χ2v) is 13.0. The third-order valence-corrected chi connectivity index (χ3v) is 8.37. The molecule has 0 bridgehead atoms.